The predicted octanol–water partition coefficient (Wildman–Crippen LogP) is 3.30. The molecule has 0 spiro atoms. The van der Waals surface area contributed by atoms with Gasteiger partial charge in [0, 0.05) is 31.4 Å². The Labute approximate surface area is 188 Å². The lowest BCUT2D eigenvalue weighted by molar-refractivity contribution is -0.122. The van der Waals surface area contributed by atoms with E-state index in [1.807, 2.05) is 59.4 Å². The van der Waals surface area contributed by atoms with Crippen LogP contribution in [0, 0.1) is 0 Å². The fourth-order valence-electron chi connectivity index (χ4n) is 3.78. The molecule has 0 saturated heterocycles. The summed E-state index contributed by atoms with van der Waals surface area (Å²) in [7, 11) is 3.21. The van der Waals surface area contributed by atoms with Gasteiger partial charge in [-0.1, -0.05) is 30.3 Å². The number of hydrogen-bond acceptors (Lipinski definition) is 5. The van der Waals surface area contributed by atoms with Crippen molar-refractivity contribution in [2.45, 2.75) is 13.0 Å². The van der Waals surface area contributed by atoms with Crippen molar-refractivity contribution in [2.24, 2.45) is 0 Å². The molecule has 0 unspecified atom stereocenters. The SMILES string of the molecule is COc1ccc(CNC(=O)CN2CC=C(c3cnn(-c4ccccc4)c3)CC2)cc1OC. The second-order valence-electron chi connectivity index (χ2n) is 7.69. The van der Waals surface area contributed by atoms with E-state index < -0.39 is 0 Å². The molecule has 4 rings (SSSR count). The molecule has 1 N–H and O–H groups in total. The van der Waals surface area contributed by atoms with Crippen LogP contribution in [0.1, 0.15) is 17.5 Å². The maximum absolute atomic E-state index is 12.4. The van der Waals surface area contributed by atoms with E-state index in [4.69, 9.17) is 9.47 Å². The molecule has 1 aliphatic rings. The van der Waals surface area contributed by atoms with E-state index in [1.165, 1.54) is 5.57 Å². The summed E-state index contributed by atoms with van der Waals surface area (Å²) in [6.45, 7) is 2.41. The van der Waals surface area contributed by atoms with E-state index in [0.717, 1.165) is 36.3 Å². The zero-order valence-corrected chi connectivity index (χ0v) is 18.5. The third-order valence-electron chi connectivity index (χ3n) is 5.57. The number of nitrogens with one attached hydrogen (secondary N) is 1. The molecule has 166 valence electrons. The molecule has 7 nitrogen and oxygen atoms in total. The average molecular weight is 433 g/mol. The lowest BCUT2D eigenvalue weighted by Gasteiger charge is -2.25. The second-order valence-corrected chi connectivity index (χ2v) is 7.69. The van der Waals surface area contributed by atoms with Gasteiger partial charge in [-0.15, -0.1) is 0 Å². The van der Waals surface area contributed by atoms with Crippen molar-refractivity contribution < 1.29 is 14.3 Å². The van der Waals surface area contributed by atoms with Crippen LogP contribution in [-0.4, -0.2) is 54.4 Å². The smallest absolute Gasteiger partial charge is 0.234 e. The van der Waals surface area contributed by atoms with Crippen LogP contribution < -0.4 is 14.8 Å². The zero-order chi connectivity index (χ0) is 22.3. The van der Waals surface area contributed by atoms with Crippen molar-refractivity contribution in [1.82, 2.24) is 20.0 Å². The van der Waals surface area contributed by atoms with Crippen LogP contribution in [0.15, 0.2) is 67.0 Å². The fourth-order valence-corrected chi connectivity index (χ4v) is 3.78. The fraction of sp³-hybridized carbons (Fsp3) is 0.280. The normalized spacial score (nSPS) is 14.0. The van der Waals surface area contributed by atoms with Crippen LogP contribution in [0.3, 0.4) is 0 Å². The molecule has 0 aliphatic carbocycles. The highest BCUT2D eigenvalue weighted by Gasteiger charge is 2.17. The molecule has 0 saturated carbocycles. The molecule has 0 bridgehead atoms. The molecule has 3 aromatic rings. The molecule has 1 aliphatic heterocycles. The Morgan fingerprint density at radius 3 is 2.62 bits per heavy atom. The minimum Gasteiger partial charge on any atom is -0.493 e. The number of carbonyl (C=O) groups excluding carboxylic acids is 1. The van der Waals surface area contributed by atoms with Gasteiger partial charge < -0.3 is 14.8 Å². The first-order valence-corrected chi connectivity index (χ1v) is 10.7. The van der Waals surface area contributed by atoms with Gasteiger partial charge in [-0.3, -0.25) is 9.69 Å². The summed E-state index contributed by atoms with van der Waals surface area (Å²) in [6.07, 6.45) is 7.05. The standard InChI is InChI=1S/C25H28N4O3/c1-31-23-9-8-19(14-24(23)32-2)15-26-25(30)18-28-12-10-20(11-13-28)21-16-27-29(17-21)22-6-4-3-5-7-22/h3-10,14,16-17H,11-13,15,18H2,1-2H3,(H,26,30). The Morgan fingerprint density at radius 1 is 1.09 bits per heavy atom. The van der Waals surface area contributed by atoms with Crippen LogP contribution in [0.5, 0.6) is 11.5 Å². The van der Waals surface area contributed by atoms with Crippen LogP contribution in [0.25, 0.3) is 11.3 Å². The number of carbonyl (C=O) groups is 1. The number of aromatic nitrogens is 2. The molecular weight excluding hydrogens is 404 g/mol. The van der Waals surface area contributed by atoms with E-state index >= 15 is 0 Å². The van der Waals surface area contributed by atoms with Crippen molar-refractivity contribution in [1.29, 1.82) is 0 Å². The Hall–Kier alpha value is -3.58. The molecule has 7 heteroatoms. The Kier molecular flexibility index (Phi) is 6.87. The maximum Gasteiger partial charge on any atom is 0.234 e. The number of methoxy groups -OCH3 is 2. The molecule has 32 heavy (non-hydrogen) atoms. The number of amides is 1. The van der Waals surface area contributed by atoms with Crippen LogP contribution in [0.2, 0.25) is 0 Å². The third-order valence-corrected chi connectivity index (χ3v) is 5.57. The van der Waals surface area contributed by atoms with Crippen LogP contribution in [-0.2, 0) is 11.3 Å². The first-order valence-electron chi connectivity index (χ1n) is 10.7. The number of ether oxygens (including phenoxy) is 2. The first kappa shape index (κ1) is 21.6. The van der Waals surface area contributed by atoms with Gasteiger partial charge in [0.05, 0.1) is 32.6 Å². The number of rotatable bonds is 8. The summed E-state index contributed by atoms with van der Waals surface area (Å²) >= 11 is 0. The molecule has 2 aromatic carbocycles. The molecule has 1 aromatic heterocycles. The minimum absolute atomic E-state index is 0.00790. The highest BCUT2D eigenvalue weighted by Crippen LogP contribution is 2.27. The van der Waals surface area contributed by atoms with Gasteiger partial charge in [0.15, 0.2) is 11.5 Å². The molecule has 0 fully saturated rings. The van der Waals surface area contributed by atoms with Gasteiger partial charge in [-0.25, -0.2) is 4.68 Å². The number of para-hydroxylation sites is 1. The summed E-state index contributed by atoms with van der Waals surface area (Å²) in [5.41, 5.74) is 4.41. The monoisotopic (exact) mass is 432 g/mol. The van der Waals surface area contributed by atoms with Gasteiger partial charge in [-0.2, -0.15) is 5.10 Å². The Balaban J connectivity index is 1.28. The zero-order valence-electron chi connectivity index (χ0n) is 18.5. The van der Waals surface area contributed by atoms with Crippen molar-refractivity contribution in [3.63, 3.8) is 0 Å². The second kappa shape index (κ2) is 10.2. The van der Waals surface area contributed by atoms with Gasteiger partial charge in [0.1, 0.15) is 0 Å². The van der Waals surface area contributed by atoms with Gasteiger partial charge >= 0.3 is 0 Å². The minimum atomic E-state index is 0.00790. The maximum atomic E-state index is 12.4. The van der Waals surface area contributed by atoms with Crippen LogP contribution in [0.4, 0.5) is 0 Å². The number of benzene rings is 2. The van der Waals surface area contributed by atoms with E-state index in [1.54, 1.807) is 14.2 Å². The van der Waals surface area contributed by atoms with Crippen molar-refractivity contribution in [2.75, 3.05) is 33.9 Å². The highest BCUT2D eigenvalue weighted by molar-refractivity contribution is 5.78. The van der Waals surface area contributed by atoms with Gasteiger partial charge in [0.2, 0.25) is 5.91 Å². The van der Waals surface area contributed by atoms with Crippen LogP contribution >= 0.6 is 0 Å². The van der Waals surface area contributed by atoms with Crippen molar-refractivity contribution in [3.8, 4) is 17.2 Å². The summed E-state index contributed by atoms with van der Waals surface area (Å²) < 4.78 is 12.5. The average Bonchev–Trinajstić information content (AvgIpc) is 3.34. The Morgan fingerprint density at radius 2 is 1.91 bits per heavy atom. The van der Waals surface area contributed by atoms with E-state index in [9.17, 15) is 4.79 Å². The third kappa shape index (κ3) is 5.18. The molecule has 1 amide bonds. The summed E-state index contributed by atoms with van der Waals surface area (Å²) in [4.78, 5) is 14.6. The summed E-state index contributed by atoms with van der Waals surface area (Å²) in [6, 6.07) is 15.7. The summed E-state index contributed by atoms with van der Waals surface area (Å²) in [5.74, 6) is 1.34. The number of hydrogen-bond donors (Lipinski definition) is 1. The molecular formula is C25H28N4O3. The highest BCUT2D eigenvalue weighted by atomic mass is 16.5. The summed E-state index contributed by atoms with van der Waals surface area (Å²) in [5, 5.41) is 7.48. The molecule has 0 radical (unpaired) electrons. The van der Waals surface area contributed by atoms with Crippen molar-refractivity contribution in [3.05, 3.63) is 78.1 Å². The largest absolute Gasteiger partial charge is 0.493 e. The Bertz CT molecular complexity index is 1090. The molecule has 2 heterocycles. The number of nitrogens with zero attached hydrogens (tertiary/aromatic N) is 3. The van der Waals surface area contributed by atoms with Crippen molar-refractivity contribution >= 4 is 11.5 Å². The quantitative estimate of drug-likeness (QED) is 0.592. The van der Waals surface area contributed by atoms with Gasteiger partial charge in [-0.05, 0) is 41.8 Å². The lowest BCUT2D eigenvalue weighted by atomic mass is 10.0. The molecule has 0 atom stereocenters. The van der Waals surface area contributed by atoms with E-state index in [2.05, 4.69) is 27.6 Å². The predicted molar refractivity (Wildman–Crippen MR) is 124 cm³/mol. The van der Waals surface area contributed by atoms with E-state index in [-0.39, 0.29) is 5.91 Å². The first-order chi connectivity index (χ1) is 15.7. The topological polar surface area (TPSA) is 68.6 Å². The lowest BCUT2D eigenvalue weighted by Crippen LogP contribution is -2.39. The van der Waals surface area contributed by atoms with E-state index in [0.29, 0.717) is 24.6 Å². The van der Waals surface area contributed by atoms with Gasteiger partial charge in [0.25, 0.3) is 0 Å².